The average molecular weight is 240 g/mol. The van der Waals surface area contributed by atoms with Gasteiger partial charge in [-0.05, 0) is 69.5 Å². The zero-order valence-electron chi connectivity index (χ0n) is 11.3. The molecule has 0 spiro atoms. The molecule has 1 saturated heterocycles. The zero-order chi connectivity index (χ0) is 12.0. The molecule has 1 atom stereocenters. The van der Waals surface area contributed by atoms with Crippen molar-refractivity contribution in [1.29, 1.82) is 0 Å². The molecule has 17 heavy (non-hydrogen) atoms. The summed E-state index contributed by atoms with van der Waals surface area (Å²) in [5, 5.41) is 7.15. The SMILES string of the molecule is COCCC1(CNCCC2CCCNC2)CC1. The van der Waals surface area contributed by atoms with Crippen molar-refractivity contribution in [1.82, 2.24) is 10.6 Å². The molecule has 0 aromatic carbocycles. The minimum atomic E-state index is 0.598. The van der Waals surface area contributed by atoms with Crippen molar-refractivity contribution in [2.45, 2.75) is 38.5 Å². The minimum absolute atomic E-state index is 0.598. The summed E-state index contributed by atoms with van der Waals surface area (Å²) >= 11 is 0. The first-order chi connectivity index (χ1) is 8.35. The lowest BCUT2D eigenvalue weighted by molar-refractivity contribution is 0.171. The Morgan fingerprint density at radius 1 is 1.41 bits per heavy atom. The molecule has 0 radical (unpaired) electrons. The number of hydrogen-bond acceptors (Lipinski definition) is 3. The predicted octanol–water partition coefficient (Wildman–Crippen LogP) is 1.78. The Kier molecular flexibility index (Phi) is 5.26. The number of piperidine rings is 1. The van der Waals surface area contributed by atoms with E-state index in [2.05, 4.69) is 10.6 Å². The smallest absolute Gasteiger partial charge is 0.0468 e. The number of nitrogens with one attached hydrogen (secondary N) is 2. The highest BCUT2D eigenvalue weighted by Crippen LogP contribution is 2.48. The van der Waals surface area contributed by atoms with Crippen molar-refractivity contribution in [3.8, 4) is 0 Å². The van der Waals surface area contributed by atoms with Gasteiger partial charge < -0.3 is 15.4 Å². The van der Waals surface area contributed by atoms with Crippen LogP contribution in [0.25, 0.3) is 0 Å². The second-order valence-electron chi connectivity index (χ2n) is 5.92. The molecule has 1 aliphatic heterocycles. The molecule has 1 saturated carbocycles. The Balaban J connectivity index is 1.50. The Labute approximate surface area is 106 Å². The first-order valence-corrected chi connectivity index (χ1v) is 7.25. The van der Waals surface area contributed by atoms with Crippen LogP contribution in [0.5, 0.6) is 0 Å². The summed E-state index contributed by atoms with van der Waals surface area (Å²) in [6.07, 6.45) is 8.16. The van der Waals surface area contributed by atoms with Crippen LogP contribution in [0.3, 0.4) is 0 Å². The fourth-order valence-electron chi connectivity index (χ4n) is 2.84. The largest absolute Gasteiger partial charge is 0.385 e. The van der Waals surface area contributed by atoms with Crippen LogP contribution in [0.1, 0.15) is 38.5 Å². The maximum Gasteiger partial charge on any atom is 0.0468 e. The number of methoxy groups -OCH3 is 1. The molecular formula is C14H28N2O. The van der Waals surface area contributed by atoms with Crippen molar-refractivity contribution in [2.75, 3.05) is 39.9 Å². The van der Waals surface area contributed by atoms with Gasteiger partial charge in [0.25, 0.3) is 0 Å². The number of hydrogen-bond donors (Lipinski definition) is 2. The summed E-state index contributed by atoms with van der Waals surface area (Å²) in [6.45, 7) is 5.78. The Bertz CT molecular complexity index is 210. The predicted molar refractivity (Wildman–Crippen MR) is 71.2 cm³/mol. The van der Waals surface area contributed by atoms with E-state index in [0.29, 0.717) is 5.41 Å². The molecule has 2 rings (SSSR count). The third-order valence-electron chi connectivity index (χ3n) is 4.42. The molecule has 2 aliphatic rings. The summed E-state index contributed by atoms with van der Waals surface area (Å²) < 4.78 is 5.18. The minimum Gasteiger partial charge on any atom is -0.385 e. The summed E-state index contributed by atoms with van der Waals surface area (Å²) in [5.74, 6) is 0.908. The summed E-state index contributed by atoms with van der Waals surface area (Å²) in [6, 6.07) is 0. The molecule has 3 heteroatoms. The Morgan fingerprint density at radius 3 is 2.94 bits per heavy atom. The van der Waals surface area contributed by atoms with Crippen LogP contribution in [0.2, 0.25) is 0 Å². The summed E-state index contributed by atoms with van der Waals surface area (Å²) in [7, 11) is 1.81. The lowest BCUT2D eigenvalue weighted by Gasteiger charge is -2.23. The van der Waals surface area contributed by atoms with E-state index in [1.165, 1.54) is 64.7 Å². The van der Waals surface area contributed by atoms with E-state index in [-0.39, 0.29) is 0 Å². The van der Waals surface area contributed by atoms with Gasteiger partial charge in [0.2, 0.25) is 0 Å². The van der Waals surface area contributed by atoms with Crippen LogP contribution in [-0.2, 0) is 4.74 Å². The van der Waals surface area contributed by atoms with Crippen LogP contribution in [0, 0.1) is 11.3 Å². The Hall–Kier alpha value is -0.120. The van der Waals surface area contributed by atoms with E-state index in [4.69, 9.17) is 4.74 Å². The maximum absolute atomic E-state index is 5.18. The lowest BCUT2D eigenvalue weighted by Crippen LogP contribution is -2.33. The standard InChI is InChI=1S/C14H28N2O/c1-17-10-7-14(5-6-14)12-16-9-4-13-3-2-8-15-11-13/h13,15-16H,2-12H2,1H3. The van der Waals surface area contributed by atoms with E-state index in [0.717, 1.165) is 12.5 Å². The second-order valence-corrected chi connectivity index (χ2v) is 5.92. The number of ether oxygens (including phenoxy) is 1. The fraction of sp³-hybridized carbons (Fsp3) is 1.00. The van der Waals surface area contributed by atoms with Gasteiger partial charge in [0.1, 0.15) is 0 Å². The van der Waals surface area contributed by atoms with Crippen molar-refractivity contribution >= 4 is 0 Å². The highest BCUT2D eigenvalue weighted by Gasteiger charge is 2.41. The molecule has 1 aliphatic carbocycles. The first-order valence-electron chi connectivity index (χ1n) is 7.25. The van der Waals surface area contributed by atoms with Crippen molar-refractivity contribution < 1.29 is 4.74 Å². The van der Waals surface area contributed by atoms with Gasteiger partial charge in [0.05, 0.1) is 0 Å². The zero-order valence-corrected chi connectivity index (χ0v) is 11.3. The highest BCUT2D eigenvalue weighted by molar-refractivity contribution is 4.94. The highest BCUT2D eigenvalue weighted by atomic mass is 16.5. The normalized spacial score (nSPS) is 27.0. The number of rotatable bonds is 8. The molecule has 0 aromatic rings. The molecule has 1 unspecified atom stereocenters. The second kappa shape index (κ2) is 6.72. The van der Waals surface area contributed by atoms with Crippen molar-refractivity contribution in [2.24, 2.45) is 11.3 Å². The van der Waals surface area contributed by atoms with Crippen molar-refractivity contribution in [3.63, 3.8) is 0 Å². The van der Waals surface area contributed by atoms with Crippen LogP contribution in [0.4, 0.5) is 0 Å². The topological polar surface area (TPSA) is 33.3 Å². The van der Waals surface area contributed by atoms with Gasteiger partial charge in [-0.2, -0.15) is 0 Å². The quantitative estimate of drug-likeness (QED) is 0.635. The average Bonchev–Trinajstić information content (AvgIpc) is 3.14. The third kappa shape index (κ3) is 4.57. The molecule has 0 bridgehead atoms. The van der Waals surface area contributed by atoms with E-state index >= 15 is 0 Å². The molecule has 3 nitrogen and oxygen atoms in total. The van der Waals surface area contributed by atoms with Gasteiger partial charge in [-0.25, -0.2) is 0 Å². The van der Waals surface area contributed by atoms with E-state index in [1.807, 2.05) is 0 Å². The van der Waals surface area contributed by atoms with Gasteiger partial charge >= 0.3 is 0 Å². The summed E-state index contributed by atoms with van der Waals surface area (Å²) in [5.41, 5.74) is 0.598. The van der Waals surface area contributed by atoms with E-state index in [1.54, 1.807) is 7.11 Å². The van der Waals surface area contributed by atoms with Crippen LogP contribution < -0.4 is 10.6 Å². The van der Waals surface area contributed by atoms with Gasteiger partial charge in [-0.3, -0.25) is 0 Å². The first kappa shape index (κ1) is 13.3. The molecule has 0 aromatic heterocycles. The summed E-state index contributed by atoms with van der Waals surface area (Å²) in [4.78, 5) is 0. The van der Waals surface area contributed by atoms with E-state index in [9.17, 15) is 0 Å². The molecule has 2 fully saturated rings. The molecule has 0 amide bonds. The Morgan fingerprint density at radius 2 is 2.29 bits per heavy atom. The third-order valence-corrected chi connectivity index (χ3v) is 4.42. The monoisotopic (exact) mass is 240 g/mol. The van der Waals surface area contributed by atoms with Crippen LogP contribution in [0.15, 0.2) is 0 Å². The molecular weight excluding hydrogens is 212 g/mol. The molecule has 1 heterocycles. The van der Waals surface area contributed by atoms with Gasteiger partial charge in [0.15, 0.2) is 0 Å². The fourth-order valence-corrected chi connectivity index (χ4v) is 2.84. The maximum atomic E-state index is 5.18. The van der Waals surface area contributed by atoms with Gasteiger partial charge in [-0.1, -0.05) is 0 Å². The van der Waals surface area contributed by atoms with Crippen LogP contribution in [-0.4, -0.2) is 39.9 Å². The molecule has 2 N–H and O–H groups in total. The van der Waals surface area contributed by atoms with Gasteiger partial charge in [-0.15, -0.1) is 0 Å². The van der Waals surface area contributed by atoms with Crippen molar-refractivity contribution in [3.05, 3.63) is 0 Å². The van der Waals surface area contributed by atoms with Gasteiger partial charge in [0, 0.05) is 20.3 Å². The van der Waals surface area contributed by atoms with Crippen LogP contribution >= 0.6 is 0 Å². The lowest BCUT2D eigenvalue weighted by atomic mass is 9.96. The molecule has 100 valence electrons. The van der Waals surface area contributed by atoms with E-state index < -0.39 is 0 Å².